The second-order valence-electron chi connectivity index (χ2n) is 5.08. The Balaban J connectivity index is 1.97. The van der Waals surface area contributed by atoms with E-state index >= 15 is 0 Å². The Labute approximate surface area is 128 Å². The molecular weight excluding hydrogens is 308 g/mol. The first-order chi connectivity index (χ1) is 10.1. The minimum Gasteiger partial charge on any atom is -0.378 e. The quantitative estimate of drug-likeness (QED) is 0.866. The van der Waals surface area contributed by atoms with Gasteiger partial charge < -0.3 is 4.74 Å². The van der Waals surface area contributed by atoms with E-state index in [1.807, 2.05) is 24.3 Å². The van der Waals surface area contributed by atoms with Gasteiger partial charge in [0.1, 0.15) is 0 Å². The molecule has 0 N–H and O–H groups in total. The van der Waals surface area contributed by atoms with Crippen LogP contribution in [-0.4, -0.2) is 43.5 Å². The molecule has 3 rings (SSSR count). The van der Waals surface area contributed by atoms with Crippen molar-refractivity contribution in [3.05, 3.63) is 24.3 Å². The summed E-state index contributed by atoms with van der Waals surface area (Å²) in [5, 5.41) is 0. The van der Waals surface area contributed by atoms with Gasteiger partial charge in [0, 0.05) is 12.6 Å². The highest BCUT2D eigenvalue weighted by atomic mass is 32.2. The molecule has 0 saturated carbocycles. The van der Waals surface area contributed by atoms with E-state index in [2.05, 4.69) is 11.9 Å². The minimum absolute atomic E-state index is 0.0826. The lowest BCUT2D eigenvalue weighted by Crippen LogP contribution is -2.48. The van der Waals surface area contributed by atoms with Crippen molar-refractivity contribution in [2.24, 2.45) is 0 Å². The molecule has 1 atom stereocenters. The van der Waals surface area contributed by atoms with Gasteiger partial charge in [-0.05, 0) is 18.6 Å². The van der Waals surface area contributed by atoms with Crippen molar-refractivity contribution in [1.82, 2.24) is 9.29 Å². The molecule has 1 saturated heterocycles. The Morgan fingerprint density at radius 2 is 2.24 bits per heavy atom. The van der Waals surface area contributed by atoms with Crippen molar-refractivity contribution in [3.8, 4) is 0 Å². The fourth-order valence-corrected chi connectivity index (χ4v) is 5.54. The van der Waals surface area contributed by atoms with Crippen LogP contribution in [-0.2, 0) is 14.8 Å². The Hall–Kier alpha value is -1.02. The van der Waals surface area contributed by atoms with Gasteiger partial charge in [-0.25, -0.2) is 13.4 Å². The van der Waals surface area contributed by atoms with Crippen LogP contribution in [0.5, 0.6) is 0 Å². The van der Waals surface area contributed by atoms with Crippen molar-refractivity contribution in [2.75, 3.05) is 19.8 Å². The third-order valence-corrected chi connectivity index (χ3v) is 6.94. The van der Waals surface area contributed by atoms with Crippen LogP contribution >= 0.6 is 11.3 Å². The monoisotopic (exact) mass is 326 g/mol. The molecule has 1 fully saturated rings. The van der Waals surface area contributed by atoms with Gasteiger partial charge in [-0.3, -0.25) is 0 Å². The molecule has 1 aliphatic rings. The van der Waals surface area contributed by atoms with E-state index in [9.17, 15) is 8.42 Å². The number of aromatic nitrogens is 1. The maximum absolute atomic E-state index is 12.9. The van der Waals surface area contributed by atoms with Crippen molar-refractivity contribution in [3.63, 3.8) is 0 Å². The number of fused-ring (bicyclic) bond motifs is 1. The lowest BCUT2D eigenvalue weighted by Gasteiger charge is -2.33. The summed E-state index contributed by atoms with van der Waals surface area (Å²) in [6.45, 7) is 3.38. The third-order valence-electron chi connectivity index (χ3n) is 3.60. The summed E-state index contributed by atoms with van der Waals surface area (Å²) < 4.78 is 33.8. The standard InChI is InChI=1S/C14H18N2O3S2/c1-2-5-11-10-19-9-8-16(11)21(17,18)14-15-12-6-3-4-7-13(12)20-14/h3-4,6-7,11H,2,5,8-10H2,1H3/t11-/m0/s1. The number of morpholine rings is 1. The molecule has 2 heterocycles. The average molecular weight is 326 g/mol. The van der Waals surface area contributed by atoms with E-state index in [0.29, 0.717) is 19.8 Å². The number of sulfonamides is 1. The van der Waals surface area contributed by atoms with Gasteiger partial charge in [-0.1, -0.05) is 25.5 Å². The zero-order chi connectivity index (χ0) is 14.9. The number of thiazole rings is 1. The van der Waals surface area contributed by atoms with E-state index in [0.717, 1.165) is 23.1 Å². The van der Waals surface area contributed by atoms with Crippen LogP contribution < -0.4 is 0 Å². The van der Waals surface area contributed by atoms with E-state index in [4.69, 9.17) is 4.74 Å². The predicted molar refractivity (Wildman–Crippen MR) is 83.0 cm³/mol. The highest BCUT2D eigenvalue weighted by Gasteiger charge is 2.35. The Kier molecular flexibility index (Phi) is 4.26. The molecule has 5 nitrogen and oxygen atoms in total. The summed E-state index contributed by atoms with van der Waals surface area (Å²) >= 11 is 1.24. The molecule has 2 aromatic rings. The highest BCUT2D eigenvalue weighted by Crippen LogP contribution is 2.29. The second kappa shape index (κ2) is 6.00. The summed E-state index contributed by atoms with van der Waals surface area (Å²) in [6, 6.07) is 7.42. The van der Waals surface area contributed by atoms with Gasteiger partial charge in [0.15, 0.2) is 0 Å². The number of ether oxygens (including phenoxy) is 1. The van der Waals surface area contributed by atoms with Gasteiger partial charge in [-0.2, -0.15) is 4.31 Å². The second-order valence-corrected chi connectivity index (χ2v) is 8.18. The number of benzene rings is 1. The van der Waals surface area contributed by atoms with Crippen molar-refractivity contribution < 1.29 is 13.2 Å². The SMILES string of the molecule is CCC[C@H]1COCCN1S(=O)(=O)c1nc2ccccc2s1. The minimum atomic E-state index is -3.53. The fraction of sp³-hybridized carbons (Fsp3) is 0.500. The molecule has 0 spiro atoms. The molecule has 0 aliphatic carbocycles. The number of hydrogen-bond donors (Lipinski definition) is 0. The maximum Gasteiger partial charge on any atom is 0.270 e. The van der Waals surface area contributed by atoms with E-state index < -0.39 is 10.0 Å². The fourth-order valence-electron chi connectivity index (χ4n) is 2.58. The topological polar surface area (TPSA) is 59.5 Å². The number of rotatable bonds is 4. The van der Waals surface area contributed by atoms with E-state index in [1.54, 1.807) is 4.31 Å². The number of hydrogen-bond acceptors (Lipinski definition) is 5. The molecule has 1 aromatic carbocycles. The lowest BCUT2D eigenvalue weighted by atomic mass is 10.1. The van der Waals surface area contributed by atoms with Gasteiger partial charge in [-0.15, -0.1) is 11.3 Å². The summed E-state index contributed by atoms with van der Waals surface area (Å²) in [5.41, 5.74) is 0.737. The van der Waals surface area contributed by atoms with E-state index in [1.165, 1.54) is 11.3 Å². The molecule has 0 bridgehead atoms. The van der Waals surface area contributed by atoms with Crippen molar-refractivity contribution >= 4 is 31.6 Å². The smallest absolute Gasteiger partial charge is 0.270 e. The van der Waals surface area contributed by atoms with Crippen molar-refractivity contribution in [1.29, 1.82) is 0 Å². The molecule has 0 radical (unpaired) electrons. The Morgan fingerprint density at radius 3 is 3.00 bits per heavy atom. The van der Waals surface area contributed by atoms with Crippen LogP contribution in [0, 0.1) is 0 Å². The first-order valence-corrected chi connectivity index (χ1v) is 9.33. The zero-order valence-electron chi connectivity index (χ0n) is 11.9. The zero-order valence-corrected chi connectivity index (χ0v) is 13.5. The molecule has 0 unspecified atom stereocenters. The Bertz CT molecular complexity index is 692. The molecule has 114 valence electrons. The number of nitrogens with zero attached hydrogens (tertiary/aromatic N) is 2. The highest BCUT2D eigenvalue weighted by molar-refractivity contribution is 7.91. The van der Waals surface area contributed by atoms with Crippen LogP contribution in [0.1, 0.15) is 19.8 Å². The molecule has 21 heavy (non-hydrogen) atoms. The van der Waals surface area contributed by atoms with Crippen LogP contribution in [0.4, 0.5) is 0 Å². The van der Waals surface area contributed by atoms with Gasteiger partial charge >= 0.3 is 0 Å². The number of para-hydroxylation sites is 1. The van der Waals surface area contributed by atoms with Crippen LogP contribution in [0.15, 0.2) is 28.6 Å². The Morgan fingerprint density at radius 1 is 1.43 bits per heavy atom. The summed E-state index contributed by atoms with van der Waals surface area (Å²) in [5.74, 6) is 0. The first-order valence-electron chi connectivity index (χ1n) is 7.08. The molecule has 0 amide bonds. The molecule has 1 aliphatic heterocycles. The maximum atomic E-state index is 12.9. The largest absolute Gasteiger partial charge is 0.378 e. The van der Waals surface area contributed by atoms with E-state index in [-0.39, 0.29) is 10.4 Å². The summed E-state index contributed by atoms with van der Waals surface area (Å²) in [6.07, 6.45) is 1.74. The normalized spacial score (nSPS) is 20.9. The van der Waals surface area contributed by atoms with Gasteiger partial charge in [0.25, 0.3) is 10.0 Å². The van der Waals surface area contributed by atoms with Crippen LogP contribution in [0.3, 0.4) is 0 Å². The van der Waals surface area contributed by atoms with Crippen LogP contribution in [0.2, 0.25) is 0 Å². The molecule has 1 aromatic heterocycles. The van der Waals surface area contributed by atoms with Crippen molar-refractivity contribution in [2.45, 2.75) is 30.1 Å². The van der Waals surface area contributed by atoms with Crippen LogP contribution in [0.25, 0.3) is 10.2 Å². The first kappa shape index (κ1) is 14.9. The lowest BCUT2D eigenvalue weighted by molar-refractivity contribution is 0.0294. The molecule has 7 heteroatoms. The average Bonchev–Trinajstić information content (AvgIpc) is 2.93. The summed E-state index contributed by atoms with van der Waals surface area (Å²) in [4.78, 5) is 4.30. The third kappa shape index (κ3) is 2.83. The predicted octanol–water partition coefficient (Wildman–Crippen LogP) is 2.49. The van der Waals surface area contributed by atoms with Gasteiger partial charge in [0.05, 0.1) is 23.4 Å². The molecular formula is C14H18N2O3S2. The summed E-state index contributed by atoms with van der Waals surface area (Å²) in [7, 11) is -3.53. The van der Waals surface area contributed by atoms with Gasteiger partial charge in [0.2, 0.25) is 4.34 Å².